The fraction of sp³-hybridized carbons (Fsp3) is 0.231. The molecule has 0 atom stereocenters. The Morgan fingerprint density at radius 1 is 1.15 bits per heavy atom. The molecule has 0 radical (unpaired) electrons. The number of aryl methyl sites for hydroxylation is 1. The summed E-state index contributed by atoms with van der Waals surface area (Å²) in [5.41, 5.74) is 2.45. The molecule has 2 heterocycles. The van der Waals surface area contributed by atoms with Gasteiger partial charge in [-0.2, -0.15) is 0 Å². The Bertz CT molecular complexity index is 707. The second kappa shape index (κ2) is 4.44. The number of nitrogens with one attached hydrogen (secondary N) is 1. The minimum atomic E-state index is -0.270. The van der Waals surface area contributed by atoms with Gasteiger partial charge >= 0.3 is 0 Å². The number of rotatable bonds is 3. The van der Waals surface area contributed by atoms with Gasteiger partial charge in [0.25, 0.3) is 11.8 Å². The van der Waals surface area contributed by atoms with Crippen molar-refractivity contribution in [3.8, 4) is 0 Å². The number of aromatic nitrogens is 3. The molecule has 2 aromatic rings. The highest BCUT2D eigenvalue weighted by Crippen LogP contribution is 2.24. The fourth-order valence-electron chi connectivity index (χ4n) is 2.14. The van der Waals surface area contributed by atoms with Crippen LogP contribution in [0, 0.1) is 0 Å². The van der Waals surface area contributed by atoms with Gasteiger partial charge in [0, 0.05) is 26.0 Å². The van der Waals surface area contributed by atoms with Gasteiger partial charge in [-0.25, -0.2) is 0 Å². The van der Waals surface area contributed by atoms with Crippen LogP contribution < -0.4 is 5.32 Å². The highest BCUT2D eigenvalue weighted by molar-refractivity contribution is 6.21. The van der Waals surface area contributed by atoms with Gasteiger partial charge in [-0.3, -0.25) is 19.2 Å². The highest BCUT2D eigenvalue weighted by atomic mass is 16.2. The summed E-state index contributed by atoms with van der Waals surface area (Å²) in [5.74, 6) is -0.529. The summed E-state index contributed by atoms with van der Waals surface area (Å²) in [7, 11) is 3.28. The molecular formula is C13H13N5O2. The summed E-state index contributed by atoms with van der Waals surface area (Å²) in [4.78, 5) is 24.8. The van der Waals surface area contributed by atoms with Crippen LogP contribution >= 0.6 is 0 Å². The predicted molar refractivity (Wildman–Crippen MR) is 71.2 cm³/mol. The van der Waals surface area contributed by atoms with Gasteiger partial charge in [0.2, 0.25) is 0 Å². The number of hydrogen-bond donors (Lipinski definition) is 1. The third-order valence-corrected chi connectivity index (χ3v) is 3.21. The van der Waals surface area contributed by atoms with Crippen LogP contribution in [-0.2, 0) is 13.6 Å². The van der Waals surface area contributed by atoms with Crippen molar-refractivity contribution in [3.63, 3.8) is 0 Å². The molecule has 20 heavy (non-hydrogen) atoms. The summed E-state index contributed by atoms with van der Waals surface area (Å²) in [5, 5.41) is 11.0. The van der Waals surface area contributed by atoms with Gasteiger partial charge in [0.05, 0.1) is 17.7 Å². The van der Waals surface area contributed by atoms with E-state index in [1.807, 2.05) is 6.20 Å². The first-order chi connectivity index (χ1) is 9.56. The lowest BCUT2D eigenvalue weighted by Crippen LogP contribution is -2.24. The molecule has 0 unspecified atom stereocenters. The smallest absolute Gasteiger partial charge is 0.261 e. The zero-order chi connectivity index (χ0) is 14.3. The summed E-state index contributed by atoms with van der Waals surface area (Å²) in [6, 6.07) is 5.13. The van der Waals surface area contributed by atoms with E-state index in [1.54, 1.807) is 29.9 Å². The van der Waals surface area contributed by atoms with Crippen LogP contribution in [0.4, 0.5) is 5.69 Å². The number of imide groups is 1. The third-order valence-electron chi connectivity index (χ3n) is 3.21. The maximum atomic E-state index is 11.9. The number of carbonyl (C=O) groups is 2. The molecule has 0 fully saturated rings. The SMILES string of the molecule is CN1C(=O)c2ccc(NCc3cn(C)nn3)cc2C1=O. The maximum Gasteiger partial charge on any atom is 0.261 e. The van der Waals surface area contributed by atoms with E-state index in [4.69, 9.17) is 0 Å². The Morgan fingerprint density at radius 2 is 1.90 bits per heavy atom. The summed E-state index contributed by atoms with van der Waals surface area (Å²) in [6.07, 6.45) is 1.81. The molecule has 0 bridgehead atoms. The van der Waals surface area contributed by atoms with E-state index in [9.17, 15) is 9.59 Å². The van der Waals surface area contributed by atoms with E-state index < -0.39 is 0 Å². The summed E-state index contributed by atoms with van der Waals surface area (Å²) in [6.45, 7) is 0.505. The lowest BCUT2D eigenvalue weighted by molar-refractivity contribution is 0.0693. The molecule has 1 aromatic heterocycles. The van der Waals surface area contributed by atoms with Gasteiger partial charge < -0.3 is 5.32 Å². The molecule has 1 N–H and O–H groups in total. The Balaban J connectivity index is 1.80. The van der Waals surface area contributed by atoms with Crippen molar-refractivity contribution in [1.29, 1.82) is 0 Å². The number of nitrogens with zero attached hydrogens (tertiary/aromatic N) is 4. The molecule has 7 nitrogen and oxygen atoms in total. The monoisotopic (exact) mass is 271 g/mol. The number of hydrogen-bond acceptors (Lipinski definition) is 5. The second-order valence-electron chi connectivity index (χ2n) is 4.67. The topological polar surface area (TPSA) is 80.1 Å². The zero-order valence-electron chi connectivity index (χ0n) is 11.1. The zero-order valence-corrected chi connectivity index (χ0v) is 11.1. The average molecular weight is 271 g/mol. The number of amides is 2. The molecule has 0 spiro atoms. The van der Waals surface area contributed by atoms with Gasteiger partial charge in [0.1, 0.15) is 5.69 Å². The van der Waals surface area contributed by atoms with Gasteiger partial charge in [-0.05, 0) is 18.2 Å². The van der Waals surface area contributed by atoms with Crippen molar-refractivity contribution < 1.29 is 9.59 Å². The number of carbonyl (C=O) groups excluding carboxylic acids is 2. The molecular weight excluding hydrogens is 258 g/mol. The van der Waals surface area contributed by atoms with Crippen LogP contribution in [0.3, 0.4) is 0 Å². The molecule has 102 valence electrons. The van der Waals surface area contributed by atoms with Crippen molar-refractivity contribution in [3.05, 3.63) is 41.2 Å². The first-order valence-corrected chi connectivity index (χ1v) is 6.12. The number of fused-ring (bicyclic) bond motifs is 1. The van der Waals surface area contributed by atoms with Crippen molar-refractivity contribution >= 4 is 17.5 Å². The van der Waals surface area contributed by atoms with Crippen LogP contribution in [0.1, 0.15) is 26.4 Å². The standard InChI is InChI=1S/C13H13N5O2/c1-17-7-9(15-16-17)6-14-8-3-4-10-11(5-8)13(20)18(2)12(10)19/h3-5,7,14H,6H2,1-2H3. The number of anilines is 1. The minimum absolute atomic E-state index is 0.259. The van der Waals surface area contributed by atoms with Crippen LogP contribution in [0.25, 0.3) is 0 Å². The van der Waals surface area contributed by atoms with E-state index >= 15 is 0 Å². The van der Waals surface area contributed by atoms with Crippen molar-refractivity contribution in [1.82, 2.24) is 19.9 Å². The van der Waals surface area contributed by atoms with E-state index in [2.05, 4.69) is 15.6 Å². The second-order valence-corrected chi connectivity index (χ2v) is 4.67. The van der Waals surface area contributed by atoms with Crippen LogP contribution in [0.15, 0.2) is 24.4 Å². The lowest BCUT2D eigenvalue weighted by atomic mass is 10.1. The Morgan fingerprint density at radius 3 is 2.60 bits per heavy atom. The highest BCUT2D eigenvalue weighted by Gasteiger charge is 2.32. The van der Waals surface area contributed by atoms with E-state index in [0.29, 0.717) is 17.7 Å². The van der Waals surface area contributed by atoms with Crippen LogP contribution in [0.2, 0.25) is 0 Å². The quantitative estimate of drug-likeness (QED) is 0.829. The third kappa shape index (κ3) is 1.93. The first kappa shape index (κ1) is 12.3. The fourth-order valence-corrected chi connectivity index (χ4v) is 2.14. The first-order valence-electron chi connectivity index (χ1n) is 6.12. The molecule has 0 saturated heterocycles. The van der Waals surface area contributed by atoms with Crippen LogP contribution in [0.5, 0.6) is 0 Å². The largest absolute Gasteiger partial charge is 0.379 e. The van der Waals surface area contributed by atoms with Crippen molar-refractivity contribution in [2.75, 3.05) is 12.4 Å². The summed E-state index contributed by atoms with van der Waals surface area (Å²) >= 11 is 0. The van der Waals surface area contributed by atoms with E-state index in [1.165, 1.54) is 7.05 Å². The Labute approximate surface area is 115 Å². The number of benzene rings is 1. The molecule has 1 aromatic carbocycles. The van der Waals surface area contributed by atoms with E-state index in [0.717, 1.165) is 16.3 Å². The van der Waals surface area contributed by atoms with Crippen LogP contribution in [-0.4, -0.2) is 38.8 Å². The summed E-state index contributed by atoms with van der Waals surface area (Å²) < 4.78 is 1.62. The average Bonchev–Trinajstić information content (AvgIpc) is 2.95. The maximum absolute atomic E-state index is 11.9. The molecule has 1 aliphatic heterocycles. The van der Waals surface area contributed by atoms with Gasteiger partial charge in [-0.1, -0.05) is 5.21 Å². The molecule has 1 aliphatic rings. The molecule has 2 amide bonds. The van der Waals surface area contributed by atoms with Gasteiger partial charge in [0.15, 0.2) is 0 Å². The van der Waals surface area contributed by atoms with Crippen molar-refractivity contribution in [2.45, 2.75) is 6.54 Å². The molecule has 3 rings (SSSR count). The van der Waals surface area contributed by atoms with Gasteiger partial charge in [-0.15, -0.1) is 5.10 Å². The van der Waals surface area contributed by atoms with Crippen molar-refractivity contribution in [2.24, 2.45) is 7.05 Å². The van der Waals surface area contributed by atoms with E-state index in [-0.39, 0.29) is 11.8 Å². The Hall–Kier alpha value is -2.70. The minimum Gasteiger partial charge on any atom is -0.379 e. The molecule has 0 saturated carbocycles. The molecule has 7 heteroatoms. The normalized spacial score (nSPS) is 13.8. The predicted octanol–water partition coefficient (Wildman–Crippen LogP) is 0.653. The Kier molecular flexibility index (Phi) is 2.74. The molecule has 0 aliphatic carbocycles. The lowest BCUT2D eigenvalue weighted by Gasteiger charge is -2.05.